The summed E-state index contributed by atoms with van der Waals surface area (Å²) in [7, 11) is 2.21. The first-order valence-corrected chi connectivity index (χ1v) is 9.49. The molecule has 0 unspecified atom stereocenters. The van der Waals surface area contributed by atoms with Crippen molar-refractivity contribution in [2.75, 3.05) is 26.7 Å². The third-order valence-corrected chi connectivity index (χ3v) is 4.11. The summed E-state index contributed by atoms with van der Waals surface area (Å²) in [5.41, 5.74) is 0.934. The van der Waals surface area contributed by atoms with Gasteiger partial charge in [-0.05, 0) is 71.7 Å². The summed E-state index contributed by atoms with van der Waals surface area (Å²) in [4.78, 5) is 12.0. The van der Waals surface area contributed by atoms with E-state index in [1.807, 2.05) is 26.8 Å². The summed E-state index contributed by atoms with van der Waals surface area (Å²) >= 11 is 0. The lowest BCUT2D eigenvalue weighted by molar-refractivity contribution is -0.138. The Morgan fingerprint density at radius 2 is 1.81 bits per heavy atom. The van der Waals surface area contributed by atoms with E-state index >= 15 is 0 Å². The first kappa shape index (κ1) is 22.4. The number of likely N-dealkylation sites (tertiary alicyclic amines) is 1. The number of benzene rings is 1. The molecule has 1 aliphatic rings. The Morgan fingerprint density at radius 1 is 1.15 bits per heavy atom. The van der Waals surface area contributed by atoms with Gasteiger partial charge in [-0.3, -0.25) is 4.79 Å². The smallest absolute Gasteiger partial charge is 0.293 e. The maximum absolute atomic E-state index is 9.60. The summed E-state index contributed by atoms with van der Waals surface area (Å²) in [6.07, 6.45) is 8.31. The lowest BCUT2D eigenvalue weighted by Gasteiger charge is -2.26. The highest BCUT2D eigenvalue weighted by Crippen LogP contribution is 2.17. The topological polar surface area (TPSA) is 38.8 Å². The van der Waals surface area contributed by atoms with E-state index in [9.17, 15) is 4.79 Å². The summed E-state index contributed by atoms with van der Waals surface area (Å²) in [5.74, 6) is 0.783. The van der Waals surface area contributed by atoms with E-state index in [0.717, 1.165) is 25.6 Å². The van der Waals surface area contributed by atoms with Crippen molar-refractivity contribution in [1.29, 1.82) is 0 Å². The number of allylic oxidation sites excluding steroid dienone is 1. The fourth-order valence-corrected chi connectivity index (χ4v) is 2.57. The van der Waals surface area contributed by atoms with Crippen LogP contribution in [0, 0.1) is 5.92 Å². The number of hydrogen-bond donors (Lipinski definition) is 0. The van der Waals surface area contributed by atoms with Crippen LogP contribution in [-0.4, -0.2) is 43.7 Å². The quantitative estimate of drug-likeness (QED) is 0.409. The number of rotatable bonds is 7. The molecular formula is C22H35NO3. The SMILES string of the molecule is CC(C)(C)OC=O.CN1CCC(/C=C\CCOCc2ccccc2)CC1. The zero-order valence-corrected chi connectivity index (χ0v) is 16.8. The van der Waals surface area contributed by atoms with Gasteiger partial charge in [0.25, 0.3) is 6.47 Å². The highest BCUT2D eigenvalue weighted by molar-refractivity contribution is 5.37. The van der Waals surface area contributed by atoms with E-state index in [1.165, 1.54) is 31.5 Å². The molecule has 0 radical (unpaired) electrons. The highest BCUT2D eigenvalue weighted by Gasteiger charge is 2.13. The molecule has 1 saturated heterocycles. The van der Waals surface area contributed by atoms with Gasteiger partial charge in [0.05, 0.1) is 13.2 Å². The summed E-state index contributed by atoms with van der Waals surface area (Å²) in [6.45, 7) is 9.93. The predicted molar refractivity (Wildman–Crippen MR) is 107 cm³/mol. The molecule has 1 aliphatic heterocycles. The van der Waals surface area contributed by atoms with Gasteiger partial charge in [0.2, 0.25) is 0 Å². The monoisotopic (exact) mass is 361 g/mol. The van der Waals surface area contributed by atoms with E-state index in [4.69, 9.17) is 4.74 Å². The molecule has 0 bridgehead atoms. The molecule has 146 valence electrons. The molecule has 1 aromatic rings. The Labute approximate surface area is 159 Å². The predicted octanol–water partition coefficient (Wildman–Crippen LogP) is 4.45. The molecule has 0 aliphatic carbocycles. The standard InChI is InChI=1S/C17H25NO.C5H10O2/c1-18-12-10-16(11-13-18)7-5-6-14-19-15-17-8-3-2-4-9-17;1-5(2,3)7-4-6/h2-5,7-9,16H,6,10-15H2,1H3;4H,1-3H3/b7-5-;. The molecule has 0 saturated carbocycles. The second-order valence-corrected chi connectivity index (χ2v) is 7.72. The number of hydrogen-bond acceptors (Lipinski definition) is 4. The fourth-order valence-electron chi connectivity index (χ4n) is 2.57. The van der Waals surface area contributed by atoms with Gasteiger partial charge in [0.1, 0.15) is 5.60 Å². The van der Waals surface area contributed by atoms with Gasteiger partial charge < -0.3 is 14.4 Å². The van der Waals surface area contributed by atoms with Crippen molar-refractivity contribution >= 4 is 6.47 Å². The van der Waals surface area contributed by atoms with E-state index in [-0.39, 0.29) is 5.60 Å². The highest BCUT2D eigenvalue weighted by atomic mass is 16.5. The van der Waals surface area contributed by atoms with E-state index in [2.05, 4.69) is 53.1 Å². The van der Waals surface area contributed by atoms with Gasteiger partial charge in [-0.2, -0.15) is 0 Å². The molecule has 1 heterocycles. The fraction of sp³-hybridized carbons (Fsp3) is 0.591. The van der Waals surface area contributed by atoms with Gasteiger partial charge in [-0.15, -0.1) is 0 Å². The van der Waals surface area contributed by atoms with Crippen LogP contribution in [0.1, 0.15) is 45.6 Å². The Bertz CT molecular complexity index is 500. The molecule has 0 aromatic heterocycles. The van der Waals surface area contributed by atoms with Crippen molar-refractivity contribution in [2.24, 2.45) is 5.92 Å². The van der Waals surface area contributed by atoms with Crippen LogP contribution >= 0.6 is 0 Å². The molecule has 26 heavy (non-hydrogen) atoms. The van der Waals surface area contributed by atoms with Crippen LogP contribution in [-0.2, 0) is 20.9 Å². The number of carbonyl (C=O) groups excluding carboxylic acids is 1. The van der Waals surface area contributed by atoms with Gasteiger partial charge in [-0.1, -0.05) is 42.5 Å². The molecule has 1 aromatic carbocycles. The van der Waals surface area contributed by atoms with Crippen LogP contribution in [0.25, 0.3) is 0 Å². The van der Waals surface area contributed by atoms with Crippen molar-refractivity contribution in [3.63, 3.8) is 0 Å². The maximum Gasteiger partial charge on any atom is 0.293 e. The van der Waals surface area contributed by atoms with E-state index < -0.39 is 0 Å². The minimum Gasteiger partial charge on any atom is -0.462 e. The molecule has 1 fully saturated rings. The van der Waals surface area contributed by atoms with Crippen LogP contribution in [0.2, 0.25) is 0 Å². The number of piperidine rings is 1. The average molecular weight is 362 g/mol. The normalized spacial score (nSPS) is 16.2. The second kappa shape index (κ2) is 12.7. The molecule has 0 atom stereocenters. The zero-order valence-electron chi connectivity index (χ0n) is 16.8. The Morgan fingerprint density at radius 3 is 2.35 bits per heavy atom. The Kier molecular flexibility index (Phi) is 10.9. The second-order valence-electron chi connectivity index (χ2n) is 7.72. The van der Waals surface area contributed by atoms with Crippen molar-refractivity contribution in [3.8, 4) is 0 Å². The van der Waals surface area contributed by atoms with Crippen molar-refractivity contribution in [2.45, 2.75) is 52.2 Å². The van der Waals surface area contributed by atoms with Crippen molar-refractivity contribution in [3.05, 3.63) is 48.0 Å². The van der Waals surface area contributed by atoms with Crippen LogP contribution in [0.4, 0.5) is 0 Å². The average Bonchev–Trinajstić information content (AvgIpc) is 2.60. The van der Waals surface area contributed by atoms with Gasteiger partial charge in [0, 0.05) is 0 Å². The van der Waals surface area contributed by atoms with Crippen LogP contribution in [0.5, 0.6) is 0 Å². The summed E-state index contributed by atoms with van der Waals surface area (Å²) in [5, 5.41) is 0. The maximum atomic E-state index is 9.60. The Hall–Kier alpha value is -1.65. The van der Waals surface area contributed by atoms with Crippen LogP contribution in [0.15, 0.2) is 42.5 Å². The molecule has 0 amide bonds. The number of carbonyl (C=O) groups is 1. The zero-order chi connectivity index (χ0) is 19.3. The summed E-state index contributed by atoms with van der Waals surface area (Å²) in [6, 6.07) is 10.4. The lowest BCUT2D eigenvalue weighted by Crippen LogP contribution is -2.29. The lowest BCUT2D eigenvalue weighted by atomic mass is 9.96. The van der Waals surface area contributed by atoms with Crippen molar-refractivity contribution < 1.29 is 14.3 Å². The molecule has 2 rings (SSSR count). The van der Waals surface area contributed by atoms with Gasteiger partial charge >= 0.3 is 0 Å². The molecule has 4 nitrogen and oxygen atoms in total. The molecule has 4 heteroatoms. The molecular weight excluding hydrogens is 326 g/mol. The van der Waals surface area contributed by atoms with Gasteiger partial charge in [-0.25, -0.2) is 0 Å². The molecule has 0 N–H and O–H groups in total. The minimum absolute atomic E-state index is 0.318. The van der Waals surface area contributed by atoms with E-state index in [1.54, 1.807) is 0 Å². The first-order chi connectivity index (χ1) is 12.4. The minimum atomic E-state index is -0.318. The Balaban J connectivity index is 0.000000412. The van der Waals surface area contributed by atoms with Gasteiger partial charge in [0.15, 0.2) is 0 Å². The first-order valence-electron chi connectivity index (χ1n) is 9.49. The van der Waals surface area contributed by atoms with Crippen LogP contribution in [0.3, 0.4) is 0 Å². The largest absolute Gasteiger partial charge is 0.462 e. The van der Waals surface area contributed by atoms with E-state index in [0.29, 0.717) is 6.47 Å². The third kappa shape index (κ3) is 11.8. The number of ether oxygens (including phenoxy) is 2. The summed E-state index contributed by atoms with van der Waals surface area (Å²) < 4.78 is 10.2. The van der Waals surface area contributed by atoms with Crippen LogP contribution < -0.4 is 0 Å². The third-order valence-electron chi connectivity index (χ3n) is 4.11. The molecule has 0 spiro atoms. The number of nitrogens with zero attached hydrogens (tertiary/aromatic N) is 1. The van der Waals surface area contributed by atoms with Crippen molar-refractivity contribution in [1.82, 2.24) is 4.90 Å².